The normalized spacial score (nSPS) is 23.8. The third-order valence-corrected chi connectivity index (χ3v) is 1.78. The average molecular weight is 175 g/mol. The van der Waals surface area contributed by atoms with Gasteiger partial charge in [-0.2, -0.15) is 0 Å². The number of aliphatic hydroxyl groups excluding tert-OH is 1. The van der Waals surface area contributed by atoms with Crippen LogP contribution in [-0.4, -0.2) is 55.6 Å². The van der Waals surface area contributed by atoms with Crippen molar-refractivity contribution < 1.29 is 19.4 Å². The zero-order valence-electron chi connectivity index (χ0n) is 7.02. The van der Waals surface area contributed by atoms with Crippen LogP contribution in [-0.2, 0) is 9.47 Å². The fraction of sp³-hybridized carbons (Fsp3) is 0.857. The number of nitrogens with zero attached hydrogens (tertiary/aromatic N) is 1. The molecule has 0 aromatic heterocycles. The lowest BCUT2D eigenvalue weighted by Crippen LogP contribution is -2.46. The third kappa shape index (κ3) is 2.09. The highest BCUT2D eigenvalue weighted by Crippen LogP contribution is 2.05. The third-order valence-electron chi connectivity index (χ3n) is 1.78. The predicted octanol–water partition coefficient (Wildman–Crippen LogP) is -0.554. The first-order valence-electron chi connectivity index (χ1n) is 3.83. The minimum absolute atomic E-state index is 0.0620. The lowest BCUT2D eigenvalue weighted by molar-refractivity contribution is -0.0477. The van der Waals surface area contributed by atoms with E-state index in [1.165, 1.54) is 12.0 Å². The highest BCUT2D eigenvalue weighted by atomic mass is 16.5. The van der Waals surface area contributed by atoms with Crippen molar-refractivity contribution in [2.45, 2.75) is 6.10 Å². The van der Waals surface area contributed by atoms with E-state index in [1.54, 1.807) is 0 Å². The molecule has 0 radical (unpaired) electrons. The van der Waals surface area contributed by atoms with Crippen molar-refractivity contribution in [3.8, 4) is 0 Å². The summed E-state index contributed by atoms with van der Waals surface area (Å²) in [5.41, 5.74) is 0. The molecule has 1 saturated heterocycles. The van der Waals surface area contributed by atoms with E-state index < -0.39 is 0 Å². The highest BCUT2D eigenvalue weighted by molar-refractivity contribution is 5.67. The number of carbonyl (C=O) groups is 1. The fourth-order valence-electron chi connectivity index (χ4n) is 1.12. The van der Waals surface area contributed by atoms with Crippen molar-refractivity contribution >= 4 is 6.09 Å². The second-order valence-corrected chi connectivity index (χ2v) is 2.59. The zero-order valence-corrected chi connectivity index (χ0v) is 7.02. The summed E-state index contributed by atoms with van der Waals surface area (Å²) in [5, 5.41) is 8.76. The van der Waals surface area contributed by atoms with Crippen LogP contribution < -0.4 is 0 Å². The molecular weight excluding hydrogens is 162 g/mol. The zero-order chi connectivity index (χ0) is 8.97. The molecule has 1 N–H and O–H groups in total. The Balaban J connectivity index is 2.40. The summed E-state index contributed by atoms with van der Waals surface area (Å²) in [6.45, 7) is 1.33. The Bertz CT molecular complexity index is 161. The number of amides is 1. The van der Waals surface area contributed by atoms with E-state index in [1.807, 2.05) is 0 Å². The SMILES string of the molecule is COC(=O)N1CCOC(CO)C1. The molecule has 1 fully saturated rings. The standard InChI is InChI=1S/C7H13NO4/c1-11-7(10)8-2-3-12-6(4-8)5-9/h6,9H,2-5H2,1H3. The van der Waals surface area contributed by atoms with Crippen LogP contribution in [0.2, 0.25) is 0 Å². The van der Waals surface area contributed by atoms with Gasteiger partial charge in [0.25, 0.3) is 0 Å². The van der Waals surface area contributed by atoms with Gasteiger partial charge in [0, 0.05) is 6.54 Å². The monoisotopic (exact) mass is 175 g/mol. The van der Waals surface area contributed by atoms with Gasteiger partial charge in [0.15, 0.2) is 0 Å². The Morgan fingerprint density at radius 3 is 3.17 bits per heavy atom. The Kier molecular flexibility index (Phi) is 3.31. The van der Waals surface area contributed by atoms with Gasteiger partial charge in [0.05, 0.1) is 33.0 Å². The van der Waals surface area contributed by atoms with Gasteiger partial charge in [-0.25, -0.2) is 4.79 Å². The summed E-state index contributed by atoms with van der Waals surface area (Å²) in [4.78, 5) is 12.5. The van der Waals surface area contributed by atoms with E-state index >= 15 is 0 Å². The summed E-state index contributed by atoms with van der Waals surface area (Å²) >= 11 is 0. The molecule has 0 spiro atoms. The number of ether oxygens (including phenoxy) is 2. The number of hydrogen-bond acceptors (Lipinski definition) is 4. The summed E-state index contributed by atoms with van der Waals surface area (Å²) < 4.78 is 9.68. The van der Waals surface area contributed by atoms with Crippen molar-refractivity contribution in [1.29, 1.82) is 0 Å². The van der Waals surface area contributed by atoms with Crippen molar-refractivity contribution in [3.05, 3.63) is 0 Å². The molecule has 1 unspecified atom stereocenters. The van der Waals surface area contributed by atoms with Gasteiger partial charge < -0.3 is 19.5 Å². The van der Waals surface area contributed by atoms with E-state index in [2.05, 4.69) is 4.74 Å². The molecule has 1 amide bonds. The molecule has 1 rings (SSSR count). The van der Waals surface area contributed by atoms with Crippen LogP contribution in [0.15, 0.2) is 0 Å². The van der Waals surface area contributed by atoms with Gasteiger partial charge in [-0.1, -0.05) is 0 Å². The Morgan fingerprint density at radius 1 is 1.83 bits per heavy atom. The lowest BCUT2D eigenvalue weighted by atomic mass is 10.3. The van der Waals surface area contributed by atoms with Crippen LogP contribution in [0.1, 0.15) is 0 Å². The van der Waals surface area contributed by atoms with Crippen LogP contribution in [0, 0.1) is 0 Å². The molecule has 1 aliphatic heterocycles. The second kappa shape index (κ2) is 4.27. The lowest BCUT2D eigenvalue weighted by Gasteiger charge is -2.30. The van der Waals surface area contributed by atoms with E-state index in [-0.39, 0.29) is 18.8 Å². The minimum atomic E-state index is -0.364. The molecule has 12 heavy (non-hydrogen) atoms. The maximum atomic E-state index is 11.0. The number of carbonyl (C=O) groups excluding carboxylic acids is 1. The largest absolute Gasteiger partial charge is 0.453 e. The topological polar surface area (TPSA) is 59.0 Å². The predicted molar refractivity (Wildman–Crippen MR) is 40.8 cm³/mol. The summed E-state index contributed by atoms with van der Waals surface area (Å²) in [5.74, 6) is 0. The molecular formula is C7H13NO4. The number of rotatable bonds is 1. The van der Waals surface area contributed by atoms with Crippen LogP contribution in [0.5, 0.6) is 0 Å². The molecule has 5 heteroatoms. The molecule has 1 heterocycles. The quantitative estimate of drug-likeness (QED) is 0.580. The van der Waals surface area contributed by atoms with Crippen LogP contribution >= 0.6 is 0 Å². The number of methoxy groups -OCH3 is 1. The van der Waals surface area contributed by atoms with Crippen LogP contribution in [0.4, 0.5) is 4.79 Å². The molecule has 1 atom stereocenters. The molecule has 0 aromatic carbocycles. The summed E-state index contributed by atoms with van der Waals surface area (Å²) in [6.07, 6.45) is -0.630. The fourth-order valence-corrected chi connectivity index (χ4v) is 1.12. The van der Waals surface area contributed by atoms with Gasteiger partial charge in [0.2, 0.25) is 0 Å². The number of morpholine rings is 1. The average Bonchev–Trinajstić information content (AvgIpc) is 2.17. The van der Waals surface area contributed by atoms with Crippen LogP contribution in [0.25, 0.3) is 0 Å². The number of aliphatic hydroxyl groups is 1. The molecule has 0 aromatic rings. The van der Waals surface area contributed by atoms with Gasteiger partial charge in [-0.15, -0.1) is 0 Å². The summed E-state index contributed by atoms with van der Waals surface area (Å²) in [7, 11) is 1.34. The minimum Gasteiger partial charge on any atom is -0.453 e. The van der Waals surface area contributed by atoms with Gasteiger partial charge >= 0.3 is 6.09 Å². The second-order valence-electron chi connectivity index (χ2n) is 2.59. The highest BCUT2D eigenvalue weighted by Gasteiger charge is 2.23. The molecule has 70 valence electrons. The molecule has 0 saturated carbocycles. The Labute approximate surface area is 70.9 Å². The molecule has 0 bridgehead atoms. The smallest absolute Gasteiger partial charge is 0.409 e. The van der Waals surface area contributed by atoms with Crippen molar-refractivity contribution in [3.63, 3.8) is 0 Å². The Morgan fingerprint density at radius 2 is 2.58 bits per heavy atom. The van der Waals surface area contributed by atoms with Crippen LogP contribution in [0.3, 0.4) is 0 Å². The Hall–Kier alpha value is -0.810. The van der Waals surface area contributed by atoms with Crippen molar-refractivity contribution in [2.24, 2.45) is 0 Å². The van der Waals surface area contributed by atoms with Crippen molar-refractivity contribution in [1.82, 2.24) is 4.90 Å². The van der Waals surface area contributed by atoms with Gasteiger partial charge in [0.1, 0.15) is 0 Å². The molecule has 0 aliphatic carbocycles. The maximum absolute atomic E-state index is 11.0. The van der Waals surface area contributed by atoms with Gasteiger partial charge in [-0.05, 0) is 0 Å². The maximum Gasteiger partial charge on any atom is 0.409 e. The van der Waals surface area contributed by atoms with E-state index in [4.69, 9.17) is 9.84 Å². The first kappa shape index (κ1) is 9.28. The van der Waals surface area contributed by atoms with E-state index in [0.717, 1.165) is 0 Å². The first-order valence-corrected chi connectivity index (χ1v) is 3.83. The molecule has 1 aliphatic rings. The van der Waals surface area contributed by atoms with Crippen molar-refractivity contribution in [2.75, 3.05) is 33.4 Å². The molecule has 5 nitrogen and oxygen atoms in total. The summed E-state index contributed by atoms with van der Waals surface area (Å²) in [6, 6.07) is 0. The van der Waals surface area contributed by atoms with E-state index in [9.17, 15) is 4.79 Å². The number of hydrogen-bond donors (Lipinski definition) is 1. The van der Waals surface area contributed by atoms with Gasteiger partial charge in [-0.3, -0.25) is 0 Å². The first-order chi connectivity index (χ1) is 5.77. The van der Waals surface area contributed by atoms with E-state index in [0.29, 0.717) is 19.7 Å².